The first-order valence-corrected chi connectivity index (χ1v) is 13.7. The van der Waals surface area contributed by atoms with E-state index in [-0.39, 0.29) is 6.10 Å². The zero-order valence-electron chi connectivity index (χ0n) is 20.7. The number of allylic oxidation sites excluding steroid dienone is 1. The lowest BCUT2D eigenvalue weighted by Gasteiger charge is -2.59. The maximum absolute atomic E-state index is 10.7. The van der Waals surface area contributed by atoms with Crippen LogP contribution in [0.2, 0.25) is 0 Å². The normalized spacial score (nSPS) is 49.3. The van der Waals surface area contributed by atoms with Crippen LogP contribution < -0.4 is 0 Å². The highest BCUT2D eigenvalue weighted by Gasteiger charge is 2.59. The highest BCUT2D eigenvalue weighted by atomic mass is 16.3. The Morgan fingerprint density at radius 1 is 0.968 bits per heavy atom. The Morgan fingerprint density at radius 3 is 2.45 bits per heavy atom. The van der Waals surface area contributed by atoms with E-state index in [4.69, 9.17) is 0 Å². The first-order valence-electron chi connectivity index (χ1n) is 13.7. The minimum atomic E-state index is -0.487. The van der Waals surface area contributed by atoms with Gasteiger partial charge in [0.1, 0.15) is 0 Å². The molecule has 2 heteroatoms. The van der Waals surface area contributed by atoms with Crippen LogP contribution in [0.15, 0.2) is 11.6 Å². The molecule has 0 aromatic heterocycles. The van der Waals surface area contributed by atoms with Gasteiger partial charge in [-0.1, -0.05) is 38.8 Å². The van der Waals surface area contributed by atoms with Crippen molar-refractivity contribution in [1.29, 1.82) is 0 Å². The number of hydrogen-bond donors (Lipinski definition) is 2. The first-order chi connectivity index (χ1) is 14.6. The van der Waals surface area contributed by atoms with E-state index in [1.165, 1.54) is 64.2 Å². The molecule has 9 atom stereocenters. The lowest BCUT2D eigenvalue weighted by molar-refractivity contribution is -0.0712. The van der Waals surface area contributed by atoms with Crippen LogP contribution in [0.5, 0.6) is 0 Å². The van der Waals surface area contributed by atoms with Crippen LogP contribution in [-0.2, 0) is 0 Å². The van der Waals surface area contributed by atoms with E-state index in [1.54, 1.807) is 5.57 Å². The summed E-state index contributed by atoms with van der Waals surface area (Å²) >= 11 is 0. The van der Waals surface area contributed by atoms with Gasteiger partial charge in [0, 0.05) is 0 Å². The summed E-state index contributed by atoms with van der Waals surface area (Å²) in [4.78, 5) is 0. The van der Waals surface area contributed by atoms with Crippen molar-refractivity contribution in [3.63, 3.8) is 0 Å². The first kappa shape index (κ1) is 22.5. The molecule has 5 aliphatic rings. The summed E-state index contributed by atoms with van der Waals surface area (Å²) in [7, 11) is 0. The van der Waals surface area contributed by atoms with Gasteiger partial charge < -0.3 is 10.2 Å². The van der Waals surface area contributed by atoms with Gasteiger partial charge in [0.25, 0.3) is 0 Å². The van der Waals surface area contributed by atoms with E-state index < -0.39 is 5.60 Å². The number of aliphatic hydroxyl groups excluding tert-OH is 1. The van der Waals surface area contributed by atoms with E-state index in [2.05, 4.69) is 26.8 Å². The van der Waals surface area contributed by atoms with Crippen LogP contribution in [0.1, 0.15) is 111 Å². The molecule has 0 radical (unpaired) electrons. The minimum Gasteiger partial charge on any atom is -0.393 e. The monoisotopic (exact) mass is 428 g/mol. The molecule has 0 spiro atoms. The van der Waals surface area contributed by atoms with Crippen molar-refractivity contribution >= 4 is 0 Å². The van der Waals surface area contributed by atoms with E-state index in [1.807, 2.05) is 6.92 Å². The molecule has 4 fully saturated rings. The largest absolute Gasteiger partial charge is 0.393 e. The second-order valence-electron chi connectivity index (χ2n) is 13.5. The molecule has 5 unspecified atom stereocenters. The van der Waals surface area contributed by atoms with Crippen molar-refractivity contribution in [2.24, 2.45) is 46.3 Å². The van der Waals surface area contributed by atoms with Crippen molar-refractivity contribution in [2.75, 3.05) is 0 Å². The summed E-state index contributed by atoms with van der Waals surface area (Å²) in [5, 5.41) is 21.3. The Bertz CT molecular complexity index is 706. The van der Waals surface area contributed by atoms with Crippen LogP contribution in [0, 0.1) is 46.3 Å². The van der Waals surface area contributed by atoms with Gasteiger partial charge in [-0.15, -0.1) is 0 Å². The van der Waals surface area contributed by atoms with Gasteiger partial charge in [0.2, 0.25) is 0 Å². The highest BCUT2D eigenvalue weighted by Crippen LogP contribution is 2.67. The Kier molecular flexibility index (Phi) is 5.70. The zero-order chi connectivity index (χ0) is 22.0. The molecule has 5 aliphatic carbocycles. The molecule has 5 rings (SSSR count). The fourth-order valence-electron chi connectivity index (χ4n) is 9.47. The van der Waals surface area contributed by atoms with Gasteiger partial charge in [-0.2, -0.15) is 0 Å². The molecule has 2 N–H and O–H groups in total. The van der Waals surface area contributed by atoms with E-state index in [0.29, 0.717) is 16.7 Å². The quantitative estimate of drug-likeness (QED) is 0.468. The van der Waals surface area contributed by atoms with Crippen LogP contribution in [0.25, 0.3) is 0 Å². The number of aliphatic hydroxyl groups is 2. The average molecular weight is 429 g/mol. The predicted octanol–water partition coefficient (Wildman–Crippen LogP) is 6.89. The highest BCUT2D eigenvalue weighted by molar-refractivity contribution is 5.26. The van der Waals surface area contributed by atoms with Crippen LogP contribution in [0.3, 0.4) is 0 Å². The molecule has 31 heavy (non-hydrogen) atoms. The second kappa shape index (κ2) is 7.86. The van der Waals surface area contributed by atoms with Gasteiger partial charge in [0.15, 0.2) is 0 Å². The molecule has 0 bridgehead atoms. The maximum atomic E-state index is 10.7. The van der Waals surface area contributed by atoms with Crippen LogP contribution in [0.4, 0.5) is 0 Å². The van der Waals surface area contributed by atoms with Crippen LogP contribution >= 0.6 is 0 Å². The van der Waals surface area contributed by atoms with Gasteiger partial charge in [-0.3, -0.25) is 0 Å². The number of rotatable bonds is 5. The Labute approximate surface area is 191 Å². The minimum absolute atomic E-state index is 0.0395. The van der Waals surface area contributed by atoms with E-state index in [9.17, 15) is 10.2 Å². The summed E-state index contributed by atoms with van der Waals surface area (Å²) in [5.74, 6) is 4.76. The topological polar surface area (TPSA) is 40.5 Å². The molecule has 176 valence electrons. The predicted molar refractivity (Wildman–Crippen MR) is 128 cm³/mol. The molecule has 4 saturated carbocycles. The smallest absolute Gasteiger partial charge is 0.0657 e. The Morgan fingerprint density at radius 2 is 1.74 bits per heavy atom. The molecule has 2 nitrogen and oxygen atoms in total. The third-order valence-corrected chi connectivity index (χ3v) is 11.8. The average Bonchev–Trinajstić information content (AvgIpc) is 3.02. The van der Waals surface area contributed by atoms with Crippen molar-refractivity contribution < 1.29 is 10.2 Å². The van der Waals surface area contributed by atoms with Gasteiger partial charge in [-0.05, 0) is 130 Å². The zero-order valence-corrected chi connectivity index (χ0v) is 20.7. The lowest BCUT2D eigenvalue weighted by atomic mass is 9.46. The Hall–Kier alpha value is -0.340. The van der Waals surface area contributed by atoms with Crippen LogP contribution in [-0.4, -0.2) is 21.9 Å². The molecule has 0 amide bonds. The Balaban J connectivity index is 1.28. The fourth-order valence-corrected chi connectivity index (χ4v) is 9.47. The molecular formula is C29H48O2. The summed E-state index contributed by atoms with van der Waals surface area (Å²) in [6, 6.07) is 0. The SMILES string of the molecule is CC(CCC(O)C1CCC1)[C@H]1CCC2[C@@H]3CC=C4C[C@@](C)(O)CCC4(C)C3CC[C@@]21C. The molecular weight excluding hydrogens is 380 g/mol. The summed E-state index contributed by atoms with van der Waals surface area (Å²) in [5.41, 5.74) is 1.94. The molecule has 0 saturated heterocycles. The maximum Gasteiger partial charge on any atom is 0.0657 e. The van der Waals surface area contributed by atoms with Gasteiger partial charge >= 0.3 is 0 Å². The second-order valence-corrected chi connectivity index (χ2v) is 13.5. The standard InChI is InChI=1S/C29H48O2/c1-19(8-13-26(30)20-6-5-7-20)23-11-12-24-22-10-9-21-18-27(2,31)16-17-28(21,3)25(22)14-15-29(23,24)4/h9,19-20,22-26,30-31H,5-8,10-18H2,1-4H3/t19?,22-,23+,24?,25?,26?,27-,28?,29+/m0/s1. The van der Waals surface area contributed by atoms with E-state index >= 15 is 0 Å². The van der Waals surface area contributed by atoms with Crippen molar-refractivity contribution in [2.45, 2.75) is 123 Å². The summed E-state index contributed by atoms with van der Waals surface area (Å²) in [6.45, 7) is 9.74. The van der Waals surface area contributed by atoms with Crippen molar-refractivity contribution in [3.05, 3.63) is 11.6 Å². The number of hydrogen-bond acceptors (Lipinski definition) is 2. The molecule has 0 heterocycles. The third kappa shape index (κ3) is 3.67. The van der Waals surface area contributed by atoms with Crippen molar-refractivity contribution in [1.82, 2.24) is 0 Å². The van der Waals surface area contributed by atoms with Crippen molar-refractivity contribution in [3.8, 4) is 0 Å². The third-order valence-electron chi connectivity index (χ3n) is 11.8. The summed E-state index contributed by atoms with van der Waals surface area (Å²) < 4.78 is 0. The number of fused-ring (bicyclic) bond motifs is 5. The van der Waals surface area contributed by atoms with Gasteiger partial charge in [0.05, 0.1) is 11.7 Å². The summed E-state index contributed by atoms with van der Waals surface area (Å²) in [6.07, 6.45) is 18.5. The molecule has 0 aromatic carbocycles. The van der Waals surface area contributed by atoms with E-state index in [0.717, 1.165) is 48.9 Å². The fraction of sp³-hybridized carbons (Fsp3) is 0.931. The lowest BCUT2D eigenvalue weighted by Crippen LogP contribution is -2.52. The molecule has 0 aliphatic heterocycles. The molecule has 0 aromatic rings. The van der Waals surface area contributed by atoms with Gasteiger partial charge in [-0.25, -0.2) is 0 Å².